The monoisotopic (exact) mass is 379 g/mol. The Morgan fingerprint density at radius 1 is 0.828 bits per heavy atom. The first-order valence-corrected chi connectivity index (χ1v) is 10.3. The van der Waals surface area contributed by atoms with Gasteiger partial charge in [-0.3, -0.25) is 0 Å². The number of anilines is 2. The standard InChI is InChI=1S/C28H29N/c1-6-7-11-20(2)21-12-10-13-22(18-21)29(5)23-16-17-25-24-14-8-9-15-26(24)28(3,4)27(25)19-23/h6-19H,1-5H3/b7-6-,20-11+. The van der Waals surface area contributed by atoms with Crippen LogP contribution in [0.25, 0.3) is 16.7 Å². The molecule has 1 aliphatic rings. The lowest BCUT2D eigenvalue weighted by Crippen LogP contribution is -2.16. The van der Waals surface area contributed by atoms with Crippen molar-refractivity contribution in [2.75, 3.05) is 11.9 Å². The molecule has 0 heterocycles. The van der Waals surface area contributed by atoms with Gasteiger partial charge < -0.3 is 4.90 Å². The highest BCUT2D eigenvalue weighted by Gasteiger charge is 2.35. The van der Waals surface area contributed by atoms with Crippen molar-refractivity contribution >= 4 is 16.9 Å². The van der Waals surface area contributed by atoms with Crippen LogP contribution in [0.2, 0.25) is 0 Å². The van der Waals surface area contributed by atoms with Gasteiger partial charge in [-0.05, 0) is 71.5 Å². The molecule has 0 radical (unpaired) electrons. The Kier molecular flexibility index (Phi) is 4.92. The van der Waals surface area contributed by atoms with E-state index in [0.29, 0.717) is 0 Å². The average molecular weight is 380 g/mol. The maximum atomic E-state index is 2.37. The average Bonchev–Trinajstić information content (AvgIpc) is 2.98. The molecule has 0 amide bonds. The molecule has 0 spiro atoms. The van der Waals surface area contributed by atoms with Gasteiger partial charge in [-0.15, -0.1) is 0 Å². The summed E-state index contributed by atoms with van der Waals surface area (Å²) in [4.78, 5) is 2.28. The second kappa shape index (κ2) is 7.40. The van der Waals surface area contributed by atoms with Crippen molar-refractivity contribution in [3.63, 3.8) is 0 Å². The van der Waals surface area contributed by atoms with Crippen molar-refractivity contribution in [2.24, 2.45) is 0 Å². The maximum absolute atomic E-state index is 2.37. The lowest BCUT2D eigenvalue weighted by atomic mass is 9.82. The van der Waals surface area contributed by atoms with Gasteiger partial charge in [0.2, 0.25) is 0 Å². The second-order valence-corrected chi connectivity index (χ2v) is 8.39. The fraction of sp³-hybridized carbons (Fsp3) is 0.214. The van der Waals surface area contributed by atoms with Crippen molar-refractivity contribution in [2.45, 2.75) is 33.1 Å². The zero-order valence-electron chi connectivity index (χ0n) is 18.0. The third kappa shape index (κ3) is 3.31. The summed E-state index contributed by atoms with van der Waals surface area (Å²) in [5.41, 5.74) is 10.5. The van der Waals surface area contributed by atoms with Crippen LogP contribution in [0, 0.1) is 0 Å². The van der Waals surface area contributed by atoms with Gasteiger partial charge in [0.1, 0.15) is 0 Å². The molecular formula is C28H29N. The van der Waals surface area contributed by atoms with E-state index in [1.54, 1.807) is 0 Å². The van der Waals surface area contributed by atoms with Crippen LogP contribution < -0.4 is 4.90 Å². The van der Waals surface area contributed by atoms with E-state index in [4.69, 9.17) is 0 Å². The Hall–Kier alpha value is -3.06. The summed E-state index contributed by atoms with van der Waals surface area (Å²) in [5, 5.41) is 0. The van der Waals surface area contributed by atoms with Crippen LogP contribution in [0.5, 0.6) is 0 Å². The normalized spacial score (nSPS) is 14.7. The van der Waals surface area contributed by atoms with Crippen LogP contribution in [0.4, 0.5) is 11.4 Å². The first kappa shape index (κ1) is 19.3. The van der Waals surface area contributed by atoms with Crippen molar-refractivity contribution in [1.29, 1.82) is 0 Å². The number of rotatable bonds is 4. The van der Waals surface area contributed by atoms with Crippen molar-refractivity contribution in [3.05, 3.63) is 102 Å². The van der Waals surface area contributed by atoms with Gasteiger partial charge in [0.15, 0.2) is 0 Å². The number of hydrogen-bond donors (Lipinski definition) is 0. The molecule has 1 heteroatoms. The Labute approximate surface area is 175 Å². The van der Waals surface area contributed by atoms with E-state index in [0.717, 1.165) is 0 Å². The highest BCUT2D eigenvalue weighted by Crippen LogP contribution is 2.49. The molecule has 3 aromatic carbocycles. The summed E-state index contributed by atoms with van der Waals surface area (Å²) in [6, 6.07) is 24.5. The minimum atomic E-state index is 0.0242. The molecule has 1 nitrogen and oxygen atoms in total. The maximum Gasteiger partial charge on any atom is 0.0414 e. The smallest absolute Gasteiger partial charge is 0.0414 e. The summed E-state index contributed by atoms with van der Waals surface area (Å²) in [5.74, 6) is 0. The van der Waals surface area contributed by atoms with Gasteiger partial charge in [-0.2, -0.15) is 0 Å². The summed E-state index contributed by atoms with van der Waals surface area (Å²) >= 11 is 0. The number of hydrogen-bond acceptors (Lipinski definition) is 1. The fourth-order valence-electron chi connectivity index (χ4n) is 4.35. The third-order valence-electron chi connectivity index (χ3n) is 6.18. The van der Waals surface area contributed by atoms with E-state index < -0.39 is 0 Å². The predicted molar refractivity (Wildman–Crippen MR) is 127 cm³/mol. The molecular weight excluding hydrogens is 350 g/mol. The van der Waals surface area contributed by atoms with E-state index in [2.05, 4.69) is 118 Å². The number of benzene rings is 3. The molecule has 1 aliphatic carbocycles. The van der Waals surface area contributed by atoms with Crippen molar-refractivity contribution < 1.29 is 0 Å². The molecule has 0 saturated carbocycles. The molecule has 3 aromatic rings. The summed E-state index contributed by atoms with van der Waals surface area (Å²) < 4.78 is 0. The van der Waals surface area contributed by atoms with Crippen LogP contribution >= 0.6 is 0 Å². The molecule has 0 bridgehead atoms. The van der Waals surface area contributed by atoms with Crippen LogP contribution in [-0.4, -0.2) is 7.05 Å². The number of allylic oxidation sites excluding steroid dienone is 4. The van der Waals surface area contributed by atoms with E-state index in [1.165, 1.54) is 44.8 Å². The Morgan fingerprint density at radius 2 is 1.55 bits per heavy atom. The zero-order chi connectivity index (χ0) is 20.6. The second-order valence-electron chi connectivity index (χ2n) is 8.39. The van der Waals surface area contributed by atoms with E-state index in [1.807, 2.05) is 6.92 Å². The third-order valence-corrected chi connectivity index (χ3v) is 6.18. The van der Waals surface area contributed by atoms with Gasteiger partial charge >= 0.3 is 0 Å². The predicted octanol–water partition coefficient (Wildman–Crippen LogP) is 7.74. The van der Waals surface area contributed by atoms with E-state index in [-0.39, 0.29) is 5.41 Å². The Balaban J connectivity index is 1.72. The van der Waals surface area contributed by atoms with Crippen LogP contribution in [0.15, 0.2) is 85.0 Å². The highest BCUT2D eigenvalue weighted by atomic mass is 15.1. The van der Waals surface area contributed by atoms with Gasteiger partial charge in [0, 0.05) is 23.8 Å². The summed E-state index contributed by atoms with van der Waals surface area (Å²) in [6.07, 6.45) is 6.31. The van der Waals surface area contributed by atoms with E-state index >= 15 is 0 Å². The molecule has 4 rings (SSSR count). The fourth-order valence-corrected chi connectivity index (χ4v) is 4.35. The largest absolute Gasteiger partial charge is 0.345 e. The molecule has 0 saturated heterocycles. The number of fused-ring (bicyclic) bond motifs is 3. The van der Waals surface area contributed by atoms with Gasteiger partial charge in [-0.25, -0.2) is 0 Å². The molecule has 29 heavy (non-hydrogen) atoms. The highest BCUT2D eigenvalue weighted by molar-refractivity contribution is 5.83. The van der Waals surface area contributed by atoms with Gasteiger partial charge in [0.25, 0.3) is 0 Å². The first-order chi connectivity index (χ1) is 13.9. The minimum Gasteiger partial charge on any atom is -0.345 e. The minimum absolute atomic E-state index is 0.0242. The summed E-state index contributed by atoms with van der Waals surface area (Å²) in [7, 11) is 2.15. The molecule has 0 aliphatic heterocycles. The molecule has 0 unspecified atom stereocenters. The van der Waals surface area contributed by atoms with Crippen LogP contribution in [0.1, 0.15) is 44.4 Å². The lowest BCUT2D eigenvalue weighted by molar-refractivity contribution is 0.660. The van der Waals surface area contributed by atoms with E-state index in [9.17, 15) is 0 Å². The molecule has 0 aromatic heterocycles. The molecule has 0 atom stereocenters. The topological polar surface area (TPSA) is 3.24 Å². The zero-order valence-corrected chi connectivity index (χ0v) is 18.0. The van der Waals surface area contributed by atoms with Gasteiger partial charge in [-0.1, -0.05) is 74.5 Å². The Bertz CT molecular complexity index is 1110. The Morgan fingerprint density at radius 3 is 2.34 bits per heavy atom. The van der Waals surface area contributed by atoms with Crippen LogP contribution in [-0.2, 0) is 5.41 Å². The first-order valence-electron chi connectivity index (χ1n) is 10.3. The van der Waals surface area contributed by atoms with Crippen LogP contribution in [0.3, 0.4) is 0 Å². The summed E-state index contributed by atoms with van der Waals surface area (Å²) in [6.45, 7) is 8.87. The number of nitrogens with zero attached hydrogens (tertiary/aromatic N) is 1. The quantitative estimate of drug-likeness (QED) is 0.419. The SMILES string of the molecule is C/C=C\C=C(/C)c1cccc(N(C)c2ccc3c(c2)C(C)(C)c2ccccc2-3)c1. The van der Waals surface area contributed by atoms with Gasteiger partial charge in [0.05, 0.1) is 0 Å². The van der Waals surface area contributed by atoms with Crippen molar-refractivity contribution in [1.82, 2.24) is 0 Å². The molecule has 146 valence electrons. The molecule has 0 fully saturated rings. The van der Waals surface area contributed by atoms with Crippen molar-refractivity contribution in [3.8, 4) is 11.1 Å². The molecule has 0 N–H and O–H groups in total. The lowest BCUT2D eigenvalue weighted by Gasteiger charge is -2.25.